The van der Waals surface area contributed by atoms with Gasteiger partial charge in [0.05, 0.1) is 12.3 Å². The normalized spacial score (nSPS) is 11.6. The second kappa shape index (κ2) is 8.60. The van der Waals surface area contributed by atoms with Crippen molar-refractivity contribution in [1.29, 1.82) is 0 Å². The van der Waals surface area contributed by atoms with Crippen LogP contribution in [0.4, 0.5) is 5.13 Å². The first-order valence-electron chi connectivity index (χ1n) is 7.38. The second-order valence-electron chi connectivity index (χ2n) is 5.81. The second-order valence-corrected chi connectivity index (χ2v) is 6.87. The van der Waals surface area contributed by atoms with E-state index in [4.69, 9.17) is 9.72 Å². The lowest BCUT2D eigenvalue weighted by molar-refractivity contribution is 0.204. The molecule has 0 atom stereocenters. The first kappa shape index (κ1) is 17.4. The minimum absolute atomic E-state index is 0.437. The van der Waals surface area contributed by atoms with Gasteiger partial charge in [-0.1, -0.05) is 13.8 Å². The Balaban J connectivity index is 2.70. The fourth-order valence-corrected chi connectivity index (χ4v) is 3.13. The molecule has 1 N–H and O–H groups in total. The first-order valence-corrected chi connectivity index (χ1v) is 8.20. The van der Waals surface area contributed by atoms with Gasteiger partial charge < -0.3 is 15.0 Å². The predicted octanol–water partition coefficient (Wildman–Crippen LogP) is 3.06. The quantitative estimate of drug-likeness (QED) is 0.760. The number of thiazole rings is 1. The molecular formula is C15H29N3OS. The van der Waals surface area contributed by atoms with E-state index in [9.17, 15) is 0 Å². The minimum atomic E-state index is 0.437. The molecule has 0 aromatic carbocycles. The van der Waals surface area contributed by atoms with E-state index in [1.54, 1.807) is 18.4 Å². The average Bonchev–Trinajstić information content (AvgIpc) is 2.70. The number of nitrogens with zero attached hydrogens (tertiary/aromatic N) is 2. The Kier molecular flexibility index (Phi) is 7.48. The molecule has 0 saturated heterocycles. The smallest absolute Gasteiger partial charge is 0.186 e. The van der Waals surface area contributed by atoms with E-state index in [0.717, 1.165) is 37.1 Å². The molecule has 0 spiro atoms. The third-order valence-corrected chi connectivity index (χ3v) is 4.32. The van der Waals surface area contributed by atoms with Crippen LogP contribution in [-0.2, 0) is 11.3 Å². The van der Waals surface area contributed by atoms with Gasteiger partial charge in [0.15, 0.2) is 5.13 Å². The lowest BCUT2D eigenvalue weighted by Crippen LogP contribution is -2.33. The summed E-state index contributed by atoms with van der Waals surface area (Å²) in [5, 5.41) is 4.60. The Hall–Kier alpha value is -0.650. The fraction of sp³-hybridized carbons (Fsp3) is 0.800. The third kappa shape index (κ3) is 5.38. The van der Waals surface area contributed by atoms with Crippen molar-refractivity contribution in [1.82, 2.24) is 10.3 Å². The van der Waals surface area contributed by atoms with Crippen molar-refractivity contribution in [2.45, 2.75) is 47.2 Å². The van der Waals surface area contributed by atoms with E-state index in [1.807, 2.05) is 0 Å². The molecule has 0 radical (unpaired) electrons. The molecule has 20 heavy (non-hydrogen) atoms. The molecule has 5 heteroatoms. The number of ether oxygens (including phenoxy) is 1. The van der Waals surface area contributed by atoms with Crippen LogP contribution in [0, 0.1) is 12.8 Å². The molecule has 1 heterocycles. The van der Waals surface area contributed by atoms with E-state index in [2.05, 4.69) is 44.8 Å². The van der Waals surface area contributed by atoms with Gasteiger partial charge in [0.1, 0.15) is 0 Å². The highest BCUT2D eigenvalue weighted by molar-refractivity contribution is 7.15. The molecule has 0 aliphatic rings. The van der Waals surface area contributed by atoms with Gasteiger partial charge in [-0.05, 0) is 33.2 Å². The highest BCUT2D eigenvalue weighted by atomic mass is 32.1. The van der Waals surface area contributed by atoms with E-state index < -0.39 is 0 Å². The number of aromatic nitrogens is 1. The van der Waals surface area contributed by atoms with Crippen LogP contribution in [0.2, 0.25) is 0 Å². The molecule has 0 aliphatic heterocycles. The molecule has 4 nitrogen and oxygen atoms in total. The van der Waals surface area contributed by atoms with Crippen LogP contribution in [0.15, 0.2) is 0 Å². The van der Waals surface area contributed by atoms with Gasteiger partial charge >= 0.3 is 0 Å². The van der Waals surface area contributed by atoms with Crippen LogP contribution < -0.4 is 10.2 Å². The van der Waals surface area contributed by atoms with Crippen molar-refractivity contribution in [3.63, 3.8) is 0 Å². The Morgan fingerprint density at radius 3 is 2.55 bits per heavy atom. The lowest BCUT2D eigenvalue weighted by Gasteiger charge is -2.25. The van der Waals surface area contributed by atoms with E-state index in [0.29, 0.717) is 12.0 Å². The van der Waals surface area contributed by atoms with Gasteiger partial charge in [-0.25, -0.2) is 4.98 Å². The zero-order valence-corrected chi connectivity index (χ0v) is 14.5. The van der Waals surface area contributed by atoms with Gasteiger partial charge in [-0.2, -0.15) is 0 Å². The summed E-state index contributed by atoms with van der Waals surface area (Å²) in [6, 6.07) is 0.437. The summed E-state index contributed by atoms with van der Waals surface area (Å²) in [6.45, 7) is 14.5. The molecule has 1 aromatic heterocycles. The van der Waals surface area contributed by atoms with Crippen molar-refractivity contribution < 1.29 is 4.74 Å². The number of hydrogen-bond acceptors (Lipinski definition) is 5. The zero-order valence-electron chi connectivity index (χ0n) is 13.7. The summed E-state index contributed by atoms with van der Waals surface area (Å²) in [6.07, 6.45) is 0. The van der Waals surface area contributed by atoms with Crippen LogP contribution >= 0.6 is 11.3 Å². The van der Waals surface area contributed by atoms with E-state index >= 15 is 0 Å². The maximum absolute atomic E-state index is 5.20. The highest BCUT2D eigenvalue weighted by Gasteiger charge is 2.16. The van der Waals surface area contributed by atoms with Crippen molar-refractivity contribution in [3.05, 3.63) is 10.6 Å². The predicted molar refractivity (Wildman–Crippen MR) is 87.8 cm³/mol. The Morgan fingerprint density at radius 2 is 2.00 bits per heavy atom. The van der Waals surface area contributed by atoms with E-state index in [1.165, 1.54) is 4.88 Å². The monoisotopic (exact) mass is 299 g/mol. The van der Waals surface area contributed by atoms with Crippen molar-refractivity contribution in [2.75, 3.05) is 31.7 Å². The number of rotatable bonds is 9. The van der Waals surface area contributed by atoms with Crippen LogP contribution in [0.1, 0.15) is 38.3 Å². The van der Waals surface area contributed by atoms with Crippen LogP contribution in [0.25, 0.3) is 0 Å². The van der Waals surface area contributed by atoms with Crippen LogP contribution in [0.5, 0.6) is 0 Å². The lowest BCUT2D eigenvalue weighted by atomic mass is 10.2. The molecule has 1 rings (SSSR count). The first-order chi connectivity index (χ1) is 9.45. The molecule has 1 aromatic rings. The van der Waals surface area contributed by atoms with Gasteiger partial charge in [-0.15, -0.1) is 11.3 Å². The van der Waals surface area contributed by atoms with Crippen molar-refractivity contribution in [3.8, 4) is 0 Å². The molecule has 0 saturated carbocycles. The standard InChI is InChI=1S/C15H29N3OS/c1-11(2)9-16-10-14-13(5)17-15(20-14)18(12(3)4)7-8-19-6/h11-12,16H,7-10H2,1-6H3. The SMILES string of the molecule is COCCN(c1nc(C)c(CNCC(C)C)s1)C(C)C. The number of anilines is 1. The summed E-state index contributed by atoms with van der Waals surface area (Å²) < 4.78 is 5.20. The summed E-state index contributed by atoms with van der Waals surface area (Å²) in [5.41, 5.74) is 1.14. The van der Waals surface area contributed by atoms with Gasteiger partial charge in [0.25, 0.3) is 0 Å². The Bertz CT molecular complexity index is 390. The topological polar surface area (TPSA) is 37.4 Å². The summed E-state index contributed by atoms with van der Waals surface area (Å²) in [7, 11) is 1.74. The molecule has 0 aliphatic carbocycles. The fourth-order valence-electron chi connectivity index (χ4n) is 1.94. The maximum atomic E-state index is 5.20. The zero-order chi connectivity index (χ0) is 15.1. The third-order valence-electron chi connectivity index (χ3n) is 3.12. The number of nitrogens with one attached hydrogen (secondary N) is 1. The maximum Gasteiger partial charge on any atom is 0.186 e. The molecule has 0 fully saturated rings. The van der Waals surface area contributed by atoms with Crippen LogP contribution in [0.3, 0.4) is 0 Å². The summed E-state index contributed by atoms with van der Waals surface area (Å²) >= 11 is 1.79. The molecule has 0 unspecified atom stereocenters. The average molecular weight is 299 g/mol. The molecule has 0 amide bonds. The Labute approximate surface area is 127 Å². The van der Waals surface area contributed by atoms with Gasteiger partial charge in [0, 0.05) is 31.1 Å². The van der Waals surface area contributed by atoms with Gasteiger partial charge in [0.2, 0.25) is 0 Å². The van der Waals surface area contributed by atoms with E-state index in [-0.39, 0.29) is 0 Å². The van der Waals surface area contributed by atoms with Gasteiger partial charge in [-0.3, -0.25) is 0 Å². The largest absolute Gasteiger partial charge is 0.383 e. The van der Waals surface area contributed by atoms with Crippen LogP contribution in [-0.4, -0.2) is 37.8 Å². The number of methoxy groups -OCH3 is 1. The van der Waals surface area contributed by atoms with Crippen molar-refractivity contribution >= 4 is 16.5 Å². The minimum Gasteiger partial charge on any atom is -0.383 e. The molecule has 116 valence electrons. The number of hydrogen-bond donors (Lipinski definition) is 1. The Morgan fingerprint density at radius 1 is 1.30 bits per heavy atom. The molecule has 0 bridgehead atoms. The van der Waals surface area contributed by atoms with Crippen molar-refractivity contribution in [2.24, 2.45) is 5.92 Å². The summed E-state index contributed by atoms with van der Waals surface area (Å²) in [4.78, 5) is 8.38. The molecular weight excluding hydrogens is 270 g/mol. The highest BCUT2D eigenvalue weighted by Crippen LogP contribution is 2.27. The number of aryl methyl sites for hydroxylation is 1. The summed E-state index contributed by atoms with van der Waals surface area (Å²) in [5.74, 6) is 0.677.